The smallest absolute Gasteiger partial charge is 0.248 e. The van der Waals surface area contributed by atoms with E-state index in [1.807, 2.05) is 36.4 Å². The summed E-state index contributed by atoms with van der Waals surface area (Å²) in [6, 6.07) is 15.8. The van der Waals surface area contributed by atoms with Crippen LogP contribution >= 0.6 is 0 Å². The van der Waals surface area contributed by atoms with E-state index in [4.69, 9.17) is 4.74 Å². The van der Waals surface area contributed by atoms with Gasteiger partial charge in [-0.05, 0) is 48.8 Å². The van der Waals surface area contributed by atoms with E-state index in [-0.39, 0.29) is 47.8 Å². The molecule has 2 aliphatic carbocycles. The largest absolute Gasteiger partial charge is 0.495 e. The molecule has 3 aliphatic rings. The molecule has 0 spiro atoms. The second-order valence-electron chi connectivity index (χ2n) is 8.83. The van der Waals surface area contributed by atoms with Crippen molar-refractivity contribution in [1.82, 2.24) is 4.90 Å². The molecule has 2 aromatic rings. The standard InChI is InChI=1S/C25H26N2O4/c1-31-20-10-6-5-9-18(20)26-23(28)19(13-15-7-3-2-4-8-15)27-24(29)21-16-11-12-17(14-16)22(21)25(27)30/h2-10,16-17,19,21-22H,11-14H2,1H3,(H,26,28)/t16-,17-,19-,21+,22+/m0/s1. The lowest BCUT2D eigenvalue weighted by Gasteiger charge is -2.27. The van der Waals surface area contributed by atoms with E-state index in [1.54, 1.807) is 18.2 Å². The number of amides is 3. The molecule has 3 fully saturated rings. The Bertz CT molecular complexity index is 993. The van der Waals surface area contributed by atoms with Gasteiger partial charge in [0.25, 0.3) is 0 Å². The van der Waals surface area contributed by atoms with Crippen molar-refractivity contribution < 1.29 is 19.1 Å². The molecule has 3 amide bonds. The monoisotopic (exact) mass is 418 g/mol. The van der Waals surface area contributed by atoms with Crippen LogP contribution in [0.1, 0.15) is 24.8 Å². The van der Waals surface area contributed by atoms with Gasteiger partial charge in [-0.15, -0.1) is 0 Å². The fourth-order valence-corrected chi connectivity index (χ4v) is 5.84. The third-order valence-electron chi connectivity index (χ3n) is 7.21. The van der Waals surface area contributed by atoms with E-state index in [0.717, 1.165) is 24.8 Å². The van der Waals surface area contributed by atoms with Crippen molar-refractivity contribution >= 4 is 23.4 Å². The van der Waals surface area contributed by atoms with E-state index in [9.17, 15) is 14.4 Å². The first-order valence-corrected chi connectivity index (χ1v) is 10.9. The van der Waals surface area contributed by atoms with Crippen molar-refractivity contribution in [3.05, 3.63) is 60.2 Å². The quantitative estimate of drug-likeness (QED) is 0.731. The van der Waals surface area contributed by atoms with Gasteiger partial charge in [0.15, 0.2) is 0 Å². The Morgan fingerprint density at radius 3 is 2.26 bits per heavy atom. The van der Waals surface area contributed by atoms with Crippen molar-refractivity contribution in [2.45, 2.75) is 31.7 Å². The summed E-state index contributed by atoms with van der Waals surface area (Å²) >= 11 is 0. The molecule has 2 aromatic carbocycles. The van der Waals surface area contributed by atoms with Gasteiger partial charge in [-0.1, -0.05) is 42.5 Å². The van der Waals surface area contributed by atoms with Gasteiger partial charge in [-0.3, -0.25) is 19.3 Å². The van der Waals surface area contributed by atoms with Crippen LogP contribution in [0.5, 0.6) is 5.75 Å². The zero-order valence-electron chi connectivity index (χ0n) is 17.5. The van der Waals surface area contributed by atoms with E-state index >= 15 is 0 Å². The lowest BCUT2D eigenvalue weighted by Crippen LogP contribution is -2.49. The highest BCUT2D eigenvalue weighted by Crippen LogP contribution is 2.56. The average molecular weight is 418 g/mol. The summed E-state index contributed by atoms with van der Waals surface area (Å²) in [6.45, 7) is 0. The van der Waals surface area contributed by atoms with Crippen molar-refractivity contribution in [3.63, 3.8) is 0 Å². The fraction of sp³-hybridized carbons (Fsp3) is 0.400. The number of fused-ring (bicyclic) bond motifs is 5. The molecule has 0 aromatic heterocycles. The van der Waals surface area contributed by atoms with Gasteiger partial charge in [0.1, 0.15) is 11.8 Å². The van der Waals surface area contributed by atoms with Gasteiger partial charge in [-0.25, -0.2) is 0 Å². The lowest BCUT2D eigenvalue weighted by molar-refractivity contribution is -0.147. The number of methoxy groups -OCH3 is 1. The van der Waals surface area contributed by atoms with Crippen LogP contribution in [-0.4, -0.2) is 35.8 Å². The van der Waals surface area contributed by atoms with Gasteiger partial charge in [-0.2, -0.15) is 0 Å². The predicted octanol–water partition coefficient (Wildman–Crippen LogP) is 3.28. The molecular formula is C25H26N2O4. The zero-order chi connectivity index (χ0) is 21.5. The molecule has 1 saturated heterocycles. The second-order valence-corrected chi connectivity index (χ2v) is 8.83. The van der Waals surface area contributed by atoms with Crippen LogP contribution in [0.4, 0.5) is 5.69 Å². The number of carbonyl (C=O) groups excluding carboxylic acids is 3. The van der Waals surface area contributed by atoms with Crippen LogP contribution in [-0.2, 0) is 20.8 Å². The molecule has 0 radical (unpaired) electrons. The number of rotatable bonds is 6. The molecule has 1 heterocycles. The third kappa shape index (κ3) is 3.30. The van der Waals surface area contributed by atoms with Crippen LogP contribution in [0.3, 0.4) is 0 Å². The summed E-state index contributed by atoms with van der Waals surface area (Å²) in [6.07, 6.45) is 3.27. The number of nitrogens with zero attached hydrogens (tertiary/aromatic N) is 1. The maximum absolute atomic E-state index is 13.4. The number of carbonyl (C=O) groups is 3. The van der Waals surface area contributed by atoms with E-state index < -0.39 is 6.04 Å². The third-order valence-corrected chi connectivity index (χ3v) is 7.21. The SMILES string of the molecule is COc1ccccc1NC(=O)[C@H](Cc1ccccc1)N1C(=O)[C@@H]2[C@H]3CC[C@@H](C3)[C@H]2C1=O. The van der Waals surface area contributed by atoms with Gasteiger partial charge in [0, 0.05) is 6.42 Å². The molecule has 2 bridgehead atoms. The van der Waals surface area contributed by atoms with Crippen LogP contribution in [0.2, 0.25) is 0 Å². The number of benzene rings is 2. The van der Waals surface area contributed by atoms with Crippen LogP contribution < -0.4 is 10.1 Å². The molecule has 5 atom stereocenters. The number of anilines is 1. The summed E-state index contributed by atoms with van der Waals surface area (Å²) in [7, 11) is 1.54. The number of likely N-dealkylation sites (tertiary alicyclic amines) is 1. The van der Waals surface area contributed by atoms with Gasteiger partial charge in [0.2, 0.25) is 17.7 Å². The molecular weight excluding hydrogens is 392 g/mol. The molecule has 2 saturated carbocycles. The summed E-state index contributed by atoms with van der Waals surface area (Å²) < 4.78 is 5.35. The number of imide groups is 1. The first-order valence-electron chi connectivity index (χ1n) is 10.9. The first kappa shape index (κ1) is 19.8. The summed E-state index contributed by atoms with van der Waals surface area (Å²) in [5.74, 6) is -0.105. The maximum Gasteiger partial charge on any atom is 0.248 e. The van der Waals surface area contributed by atoms with Crippen LogP contribution in [0, 0.1) is 23.7 Å². The van der Waals surface area contributed by atoms with Gasteiger partial charge in [0.05, 0.1) is 24.6 Å². The second kappa shape index (κ2) is 7.84. The zero-order valence-corrected chi connectivity index (χ0v) is 17.5. The Morgan fingerprint density at radius 1 is 1.00 bits per heavy atom. The number of hydrogen-bond donors (Lipinski definition) is 1. The lowest BCUT2D eigenvalue weighted by atomic mass is 9.81. The Kier molecular flexibility index (Phi) is 5.00. The number of hydrogen-bond acceptors (Lipinski definition) is 4. The van der Waals surface area contributed by atoms with Crippen molar-refractivity contribution in [3.8, 4) is 5.75 Å². The molecule has 31 heavy (non-hydrogen) atoms. The summed E-state index contributed by atoms with van der Waals surface area (Å²) in [5, 5.41) is 2.89. The fourth-order valence-electron chi connectivity index (χ4n) is 5.84. The Balaban J connectivity index is 1.47. The minimum Gasteiger partial charge on any atom is -0.495 e. The van der Waals surface area contributed by atoms with Crippen LogP contribution in [0.25, 0.3) is 0 Å². The van der Waals surface area contributed by atoms with Crippen molar-refractivity contribution in [1.29, 1.82) is 0 Å². The average Bonchev–Trinajstić information content (AvgIpc) is 3.47. The van der Waals surface area contributed by atoms with Crippen molar-refractivity contribution in [2.75, 3.05) is 12.4 Å². The van der Waals surface area contributed by atoms with Gasteiger partial charge >= 0.3 is 0 Å². The maximum atomic E-state index is 13.4. The van der Waals surface area contributed by atoms with Gasteiger partial charge < -0.3 is 10.1 Å². The highest BCUT2D eigenvalue weighted by Gasteiger charge is 2.62. The highest BCUT2D eigenvalue weighted by molar-refractivity contribution is 6.10. The van der Waals surface area contributed by atoms with E-state index in [2.05, 4.69) is 5.32 Å². The molecule has 160 valence electrons. The highest BCUT2D eigenvalue weighted by atomic mass is 16.5. The Morgan fingerprint density at radius 2 is 1.61 bits per heavy atom. The summed E-state index contributed by atoms with van der Waals surface area (Å²) in [4.78, 5) is 41.5. The number of nitrogens with one attached hydrogen (secondary N) is 1. The molecule has 1 N–H and O–H groups in total. The number of ether oxygens (including phenoxy) is 1. The Hall–Kier alpha value is -3.15. The molecule has 5 rings (SSSR count). The molecule has 1 aliphatic heterocycles. The Labute approximate surface area is 181 Å². The minimum absolute atomic E-state index is 0.168. The number of para-hydroxylation sites is 2. The van der Waals surface area contributed by atoms with E-state index in [1.165, 1.54) is 12.0 Å². The predicted molar refractivity (Wildman–Crippen MR) is 115 cm³/mol. The molecule has 6 nitrogen and oxygen atoms in total. The summed E-state index contributed by atoms with van der Waals surface area (Å²) in [5.41, 5.74) is 1.43. The topological polar surface area (TPSA) is 75.7 Å². The van der Waals surface area contributed by atoms with Crippen LogP contribution in [0.15, 0.2) is 54.6 Å². The van der Waals surface area contributed by atoms with E-state index in [0.29, 0.717) is 11.4 Å². The molecule has 0 unspecified atom stereocenters. The normalized spacial score (nSPS) is 27.3. The first-order chi connectivity index (χ1) is 15.1. The minimum atomic E-state index is -0.891. The molecule has 6 heteroatoms. The van der Waals surface area contributed by atoms with Crippen molar-refractivity contribution in [2.24, 2.45) is 23.7 Å².